The fourth-order valence-electron chi connectivity index (χ4n) is 4.56. The molecule has 3 aliphatic heterocycles. The number of aryl methyl sites for hydroxylation is 1. The van der Waals surface area contributed by atoms with Gasteiger partial charge < -0.3 is 19.4 Å². The first-order chi connectivity index (χ1) is 15.9. The molecule has 1 aromatic rings. The summed E-state index contributed by atoms with van der Waals surface area (Å²) < 4.78 is 5.40. The number of aliphatic imine (C=N–C) groups is 1. The Labute approximate surface area is 200 Å². The maximum absolute atomic E-state index is 13.7. The highest BCUT2D eigenvalue weighted by atomic mass is 32.2. The summed E-state index contributed by atoms with van der Waals surface area (Å²) in [7, 11) is 0. The molecular formula is C25H32N4O3S. The molecule has 176 valence electrons. The Hall–Kier alpha value is -2.58. The van der Waals surface area contributed by atoms with E-state index in [-0.39, 0.29) is 24.3 Å². The number of amides is 2. The van der Waals surface area contributed by atoms with Gasteiger partial charge in [-0.1, -0.05) is 41.6 Å². The van der Waals surface area contributed by atoms with Crippen LogP contribution in [0.5, 0.6) is 0 Å². The maximum Gasteiger partial charge on any atom is 0.254 e. The lowest BCUT2D eigenvalue weighted by molar-refractivity contribution is -0.134. The van der Waals surface area contributed by atoms with Gasteiger partial charge >= 0.3 is 0 Å². The van der Waals surface area contributed by atoms with Gasteiger partial charge in [0.25, 0.3) is 5.91 Å². The number of morpholine rings is 1. The highest BCUT2D eigenvalue weighted by Gasteiger charge is 2.41. The van der Waals surface area contributed by atoms with E-state index in [0.717, 1.165) is 27.7 Å². The Morgan fingerprint density at radius 2 is 1.91 bits per heavy atom. The maximum atomic E-state index is 13.7. The molecule has 1 fully saturated rings. The van der Waals surface area contributed by atoms with Crippen LogP contribution in [0, 0.1) is 6.92 Å². The summed E-state index contributed by atoms with van der Waals surface area (Å²) in [6, 6.07) is 7.95. The first kappa shape index (κ1) is 23.6. The van der Waals surface area contributed by atoms with Gasteiger partial charge in [0.2, 0.25) is 5.91 Å². The highest BCUT2D eigenvalue weighted by molar-refractivity contribution is 8.16. The number of carbonyl (C=O) groups excluding carboxylic acids is 2. The minimum Gasteiger partial charge on any atom is -0.378 e. The van der Waals surface area contributed by atoms with E-state index in [1.807, 2.05) is 42.0 Å². The number of nitrogens with zero attached hydrogens (tertiary/aromatic N) is 4. The molecule has 7 nitrogen and oxygen atoms in total. The van der Waals surface area contributed by atoms with Gasteiger partial charge in [0, 0.05) is 31.9 Å². The van der Waals surface area contributed by atoms with E-state index in [4.69, 9.17) is 9.73 Å². The quantitative estimate of drug-likeness (QED) is 0.637. The van der Waals surface area contributed by atoms with Gasteiger partial charge in [-0.05, 0) is 38.7 Å². The smallest absolute Gasteiger partial charge is 0.254 e. The average molecular weight is 469 g/mol. The van der Waals surface area contributed by atoms with E-state index in [9.17, 15) is 9.59 Å². The fourth-order valence-corrected chi connectivity index (χ4v) is 5.52. The number of carbonyl (C=O) groups is 2. The number of benzene rings is 1. The third kappa shape index (κ3) is 4.73. The number of amidine groups is 1. The number of allylic oxidation sites excluding steroid dienone is 1. The van der Waals surface area contributed by atoms with Crippen molar-refractivity contribution >= 4 is 28.7 Å². The molecule has 8 heteroatoms. The molecule has 0 spiro atoms. The van der Waals surface area contributed by atoms with Crippen molar-refractivity contribution in [3.05, 3.63) is 57.8 Å². The summed E-state index contributed by atoms with van der Waals surface area (Å²) in [6.45, 7) is 11.6. The second kappa shape index (κ2) is 10.1. The van der Waals surface area contributed by atoms with Crippen LogP contribution < -0.4 is 0 Å². The van der Waals surface area contributed by atoms with Gasteiger partial charge in [-0.3, -0.25) is 9.59 Å². The monoisotopic (exact) mass is 468 g/mol. The van der Waals surface area contributed by atoms with Gasteiger partial charge in [0.05, 0.1) is 36.9 Å². The Morgan fingerprint density at radius 1 is 1.18 bits per heavy atom. The molecule has 1 saturated heterocycles. The number of ether oxygens (including phenoxy) is 1. The molecule has 33 heavy (non-hydrogen) atoms. The molecule has 0 N–H and O–H groups in total. The first-order valence-corrected chi connectivity index (χ1v) is 12.5. The average Bonchev–Trinajstić information content (AvgIpc) is 3.21. The van der Waals surface area contributed by atoms with Gasteiger partial charge in [-0.15, -0.1) is 0 Å². The highest BCUT2D eigenvalue weighted by Crippen LogP contribution is 2.45. The van der Waals surface area contributed by atoms with Crippen molar-refractivity contribution in [3.8, 4) is 0 Å². The molecule has 2 amide bonds. The zero-order chi connectivity index (χ0) is 23.5. The summed E-state index contributed by atoms with van der Waals surface area (Å²) >= 11 is 1.52. The second-order valence-electron chi connectivity index (χ2n) is 8.45. The molecule has 0 radical (unpaired) electrons. The van der Waals surface area contributed by atoms with E-state index >= 15 is 0 Å². The standard InChI is InChI=1S/C25H32N4O3S/c1-5-27(6-2)24(31)22-18(4)26-25-29(23(22)19-9-7-8-17(3)14-19)20(16-33-25)15-21(30)28-10-12-32-13-11-28/h7-9,14,16,23H,5-6,10-13,15H2,1-4H3. The molecular weight excluding hydrogens is 436 g/mol. The van der Waals surface area contributed by atoms with Crippen LogP contribution in [-0.4, -0.2) is 71.1 Å². The molecule has 1 aromatic carbocycles. The molecule has 3 heterocycles. The van der Waals surface area contributed by atoms with E-state index < -0.39 is 0 Å². The summed E-state index contributed by atoms with van der Waals surface area (Å²) in [4.78, 5) is 37.3. The molecule has 0 aromatic heterocycles. The van der Waals surface area contributed by atoms with Crippen LogP contribution in [0.15, 0.2) is 51.6 Å². The van der Waals surface area contributed by atoms with Crippen LogP contribution in [0.1, 0.15) is 44.4 Å². The summed E-state index contributed by atoms with van der Waals surface area (Å²) in [5, 5.41) is 2.83. The number of rotatable bonds is 6. The van der Waals surface area contributed by atoms with Gasteiger partial charge in [0.15, 0.2) is 5.17 Å². The third-order valence-electron chi connectivity index (χ3n) is 6.34. The SMILES string of the molecule is CCN(CC)C(=O)C1=C(C)N=C2SC=C(CC(=O)N3CCOCC3)N2C1c1cccc(C)c1. The second-order valence-corrected chi connectivity index (χ2v) is 9.29. The van der Waals surface area contributed by atoms with Crippen molar-refractivity contribution in [2.45, 2.75) is 40.2 Å². The van der Waals surface area contributed by atoms with Crippen molar-refractivity contribution in [1.82, 2.24) is 14.7 Å². The molecule has 0 saturated carbocycles. The van der Waals surface area contributed by atoms with E-state index in [1.165, 1.54) is 11.8 Å². The molecule has 3 aliphatic rings. The lowest BCUT2D eigenvalue weighted by Crippen LogP contribution is -2.43. The molecule has 0 bridgehead atoms. The Kier molecular flexibility index (Phi) is 7.24. The molecule has 4 rings (SSSR count). The zero-order valence-electron chi connectivity index (χ0n) is 19.8. The van der Waals surface area contributed by atoms with Crippen molar-refractivity contribution in [3.63, 3.8) is 0 Å². The van der Waals surface area contributed by atoms with Crippen molar-refractivity contribution in [2.24, 2.45) is 4.99 Å². The summed E-state index contributed by atoms with van der Waals surface area (Å²) in [5.74, 6) is 0.0832. The van der Waals surface area contributed by atoms with Crippen molar-refractivity contribution < 1.29 is 14.3 Å². The number of fused-ring (bicyclic) bond motifs is 1. The van der Waals surface area contributed by atoms with Crippen LogP contribution >= 0.6 is 11.8 Å². The fraction of sp³-hybridized carbons (Fsp3) is 0.480. The number of likely N-dealkylation sites (N-methyl/N-ethyl adjacent to an activating group) is 1. The largest absolute Gasteiger partial charge is 0.378 e. The molecule has 1 atom stereocenters. The van der Waals surface area contributed by atoms with Crippen LogP contribution in [0.25, 0.3) is 0 Å². The van der Waals surface area contributed by atoms with E-state index in [2.05, 4.69) is 30.0 Å². The number of hydrogen-bond acceptors (Lipinski definition) is 6. The Morgan fingerprint density at radius 3 is 2.58 bits per heavy atom. The normalized spacial score (nSPS) is 20.4. The van der Waals surface area contributed by atoms with E-state index in [0.29, 0.717) is 45.0 Å². The van der Waals surface area contributed by atoms with Crippen LogP contribution in [0.3, 0.4) is 0 Å². The lowest BCUT2D eigenvalue weighted by atomic mass is 9.92. The van der Waals surface area contributed by atoms with Gasteiger partial charge in [0.1, 0.15) is 0 Å². The summed E-state index contributed by atoms with van der Waals surface area (Å²) in [6.07, 6.45) is 0.278. The zero-order valence-corrected chi connectivity index (χ0v) is 20.7. The minimum absolute atomic E-state index is 0.00237. The number of thioether (sulfide) groups is 1. The topological polar surface area (TPSA) is 65.5 Å². The van der Waals surface area contributed by atoms with Crippen LogP contribution in [0.4, 0.5) is 0 Å². The Bertz CT molecular complexity index is 1020. The lowest BCUT2D eigenvalue weighted by Gasteiger charge is -2.38. The third-order valence-corrected chi connectivity index (χ3v) is 7.22. The van der Waals surface area contributed by atoms with E-state index in [1.54, 1.807) is 0 Å². The van der Waals surface area contributed by atoms with Crippen molar-refractivity contribution in [2.75, 3.05) is 39.4 Å². The van der Waals surface area contributed by atoms with Gasteiger partial charge in [-0.25, -0.2) is 4.99 Å². The predicted molar refractivity (Wildman–Crippen MR) is 132 cm³/mol. The van der Waals surface area contributed by atoms with Gasteiger partial charge in [-0.2, -0.15) is 0 Å². The first-order valence-electron chi connectivity index (χ1n) is 11.6. The predicted octanol–water partition coefficient (Wildman–Crippen LogP) is 3.69. The number of hydrogen-bond donors (Lipinski definition) is 0. The molecule has 0 aliphatic carbocycles. The van der Waals surface area contributed by atoms with Crippen LogP contribution in [-0.2, 0) is 14.3 Å². The van der Waals surface area contributed by atoms with Crippen LogP contribution in [0.2, 0.25) is 0 Å². The summed E-state index contributed by atoms with van der Waals surface area (Å²) in [5.41, 5.74) is 4.47. The minimum atomic E-state index is -0.316. The van der Waals surface area contributed by atoms with Crippen molar-refractivity contribution in [1.29, 1.82) is 0 Å². The molecule has 1 unspecified atom stereocenters. The Balaban J connectivity index is 1.72.